The second-order valence-corrected chi connectivity index (χ2v) is 6.65. The maximum Gasteiger partial charge on any atom is 0.182 e. The van der Waals surface area contributed by atoms with Crippen molar-refractivity contribution in [3.8, 4) is 5.69 Å². The van der Waals surface area contributed by atoms with E-state index in [2.05, 4.69) is 36.8 Å². The molecule has 0 amide bonds. The van der Waals surface area contributed by atoms with Gasteiger partial charge in [-0.3, -0.25) is 4.57 Å². The Balaban J connectivity index is 2.35. The number of aromatic nitrogens is 2. The van der Waals surface area contributed by atoms with Crippen LogP contribution in [0.2, 0.25) is 5.02 Å². The topological polar surface area (TPSA) is 20.7 Å². The Labute approximate surface area is 140 Å². The van der Waals surface area contributed by atoms with Crippen molar-refractivity contribution in [1.29, 1.82) is 0 Å². The number of nitrogens with one attached hydrogen (secondary N) is 1. The highest BCUT2D eigenvalue weighted by molar-refractivity contribution is 9.10. The van der Waals surface area contributed by atoms with Gasteiger partial charge in [0.25, 0.3) is 0 Å². The van der Waals surface area contributed by atoms with E-state index in [-0.39, 0.29) is 5.82 Å². The predicted molar refractivity (Wildman–Crippen MR) is 88.8 cm³/mol. The van der Waals surface area contributed by atoms with Crippen LogP contribution in [0.25, 0.3) is 16.7 Å². The Morgan fingerprint density at radius 2 is 1.90 bits per heavy atom. The Kier molecular flexibility index (Phi) is 3.75. The van der Waals surface area contributed by atoms with Crippen LogP contribution in [-0.2, 0) is 0 Å². The zero-order chi connectivity index (χ0) is 14.4. The third-order valence-corrected chi connectivity index (χ3v) is 5.01. The molecule has 0 radical (unpaired) electrons. The highest BCUT2D eigenvalue weighted by Crippen LogP contribution is 2.29. The van der Waals surface area contributed by atoms with E-state index >= 15 is 0 Å². The summed E-state index contributed by atoms with van der Waals surface area (Å²) < 4.78 is 17.2. The number of fused-ring (bicyclic) bond motifs is 1. The lowest BCUT2D eigenvalue weighted by Gasteiger charge is -2.06. The lowest BCUT2D eigenvalue weighted by Crippen LogP contribution is -1.94. The number of benzene rings is 2. The fraction of sp³-hybridized carbons (Fsp3) is 0. The molecule has 0 spiro atoms. The molecule has 1 aromatic heterocycles. The summed E-state index contributed by atoms with van der Waals surface area (Å²) in [5.74, 6) is -0.344. The zero-order valence-corrected chi connectivity index (χ0v) is 14.5. The van der Waals surface area contributed by atoms with Crippen LogP contribution in [0.1, 0.15) is 0 Å². The summed E-state index contributed by atoms with van der Waals surface area (Å²) in [5, 5.41) is 0.566. The SMILES string of the molecule is Fc1cc2c(cc1Br)[nH]c(=S)n2-c1ccc(Br)c(Cl)c1. The Hall–Kier alpha value is -0.690. The maximum atomic E-state index is 13.8. The molecular weight excluding hydrogens is 430 g/mol. The molecule has 0 fully saturated rings. The van der Waals surface area contributed by atoms with E-state index in [0.29, 0.717) is 19.8 Å². The molecule has 2 aromatic carbocycles. The number of aromatic amines is 1. The van der Waals surface area contributed by atoms with Gasteiger partial charge in [-0.05, 0) is 68.3 Å². The van der Waals surface area contributed by atoms with E-state index in [1.54, 1.807) is 16.7 Å². The van der Waals surface area contributed by atoms with Gasteiger partial charge in [-0.25, -0.2) is 4.39 Å². The minimum atomic E-state index is -0.344. The van der Waals surface area contributed by atoms with E-state index in [1.807, 2.05) is 12.1 Å². The summed E-state index contributed by atoms with van der Waals surface area (Å²) >= 11 is 17.9. The highest BCUT2D eigenvalue weighted by Gasteiger charge is 2.11. The Morgan fingerprint density at radius 3 is 2.60 bits per heavy atom. The first kappa shape index (κ1) is 14.3. The Bertz CT molecular complexity index is 888. The van der Waals surface area contributed by atoms with Crippen LogP contribution >= 0.6 is 55.7 Å². The largest absolute Gasteiger partial charge is 0.330 e. The average Bonchev–Trinajstić information content (AvgIpc) is 2.69. The van der Waals surface area contributed by atoms with Gasteiger partial charge in [0.05, 0.1) is 20.5 Å². The molecule has 3 aromatic rings. The number of rotatable bonds is 1. The molecule has 7 heteroatoms. The minimum Gasteiger partial charge on any atom is -0.330 e. The van der Waals surface area contributed by atoms with E-state index in [0.717, 1.165) is 15.7 Å². The van der Waals surface area contributed by atoms with Crippen LogP contribution in [0, 0.1) is 10.6 Å². The molecule has 2 nitrogen and oxygen atoms in total. The normalized spacial score (nSPS) is 11.2. The molecule has 20 heavy (non-hydrogen) atoms. The van der Waals surface area contributed by atoms with Crippen molar-refractivity contribution in [2.24, 2.45) is 0 Å². The van der Waals surface area contributed by atoms with Gasteiger partial charge in [0.1, 0.15) is 5.82 Å². The van der Waals surface area contributed by atoms with Gasteiger partial charge in [-0.1, -0.05) is 11.6 Å². The van der Waals surface area contributed by atoms with E-state index < -0.39 is 0 Å². The first-order chi connectivity index (χ1) is 9.47. The van der Waals surface area contributed by atoms with Crippen LogP contribution in [0.15, 0.2) is 39.3 Å². The molecule has 1 N–H and O–H groups in total. The first-order valence-electron chi connectivity index (χ1n) is 5.52. The number of hydrogen-bond donors (Lipinski definition) is 1. The van der Waals surface area contributed by atoms with Crippen LogP contribution in [0.4, 0.5) is 4.39 Å². The molecular formula is C13H6Br2ClFN2S. The van der Waals surface area contributed by atoms with Crippen molar-refractivity contribution >= 4 is 66.7 Å². The molecule has 0 unspecified atom stereocenters. The van der Waals surface area contributed by atoms with Gasteiger partial charge in [0.15, 0.2) is 4.77 Å². The van der Waals surface area contributed by atoms with Crippen molar-refractivity contribution in [3.63, 3.8) is 0 Å². The van der Waals surface area contributed by atoms with Crippen LogP contribution < -0.4 is 0 Å². The fourth-order valence-corrected chi connectivity index (χ4v) is 3.06. The number of H-pyrrole nitrogens is 1. The van der Waals surface area contributed by atoms with Crippen molar-refractivity contribution in [3.05, 3.63) is 54.9 Å². The molecule has 0 atom stereocenters. The minimum absolute atomic E-state index is 0.344. The molecule has 1 heterocycles. The Morgan fingerprint density at radius 1 is 1.15 bits per heavy atom. The summed E-state index contributed by atoms with van der Waals surface area (Å²) in [4.78, 5) is 3.05. The van der Waals surface area contributed by atoms with Crippen LogP contribution in [-0.4, -0.2) is 9.55 Å². The number of halogens is 4. The van der Waals surface area contributed by atoms with Crippen molar-refractivity contribution in [1.82, 2.24) is 9.55 Å². The first-order valence-corrected chi connectivity index (χ1v) is 7.90. The van der Waals surface area contributed by atoms with E-state index in [1.165, 1.54) is 6.07 Å². The zero-order valence-electron chi connectivity index (χ0n) is 9.75. The molecule has 3 rings (SSSR count). The second-order valence-electron chi connectivity index (χ2n) is 4.15. The number of imidazole rings is 1. The van der Waals surface area contributed by atoms with E-state index in [4.69, 9.17) is 23.8 Å². The predicted octanol–water partition coefficient (Wildman–Crippen LogP) is 6.01. The van der Waals surface area contributed by atoms with Crippen molar-refractivity contribution < 1.29 is 4.39 Å². The molecule has 0 saturated heterocycles. The summed E-state index contributed by atoms with van der Waals surface area (Å²) in [5.41, 5.74) is 2.19. The number of hydrogen-bond acceptors (Lipinski definition) is 1. The van der Waals surface area contributed by atoms with Crippen molar-refractivity contribution in [2.45, 2.75) is 0 Å². The lowest BCUT2D eigenvalue weighted by atomic mass is 10.2. The third-order valence-electron chi connectivity index (χ3n) is 2.89. The van der Waals surface area contributed by atoms with Gasteiger partial charge in [0, 0.05) is 16.2 Å². The van der Waals surface area contributed by atoms with Crippen LogP contribution in [0.5, 0.6) is 0 Å². The molecule has 0 aliphatic carbocycles. The van der Waals surface area contributed by atoms with Gasteiger partial charge < -0.3 is 4.98 Å². The highest BCUT2D eigenvalue weighted by atomic mass is 79.9. The average molecular weight is 437 g/mol. The lowest BCUT2D eigenvalue weighted by molar-refractivity contribution is 0.622. The summed E-state index contributed by atoms with van der Waals surface area (Å²) in [6, 6.07) is 8.56. The molecule has 0 aliphatic rings. The van der Waals surface area contributed by atoms with Gasteiger partial charge in [-0.15, -0.1) is 0 Å². The smallest absolute Gasteiger partial charge is 0.182 e. The van der Waals surface area contributed by atoms with Gasteiger partial charge in [0.2, 0.25) is 0 Å². The second kappa shape index (κ2) is 5.26. The third kappa shape index (κ3) is 2.35. The summed E-state index contributed by atoms with van der Waals surface area (Å²) in [6.07, 6.45) is 0. The molecule has 0 saturated carbocycles. The molecule has 102 valence electrons. The van der Waals surface area contributed by atoms with Gasteiger partial charge in [-0.2, -0.15) is 0 Å². The van der Waals surface area contributed by atoms with Crippen molar-refractivity contribution in [2.75, 3.05) is 0 Å². The fourth-order valence-electron chi connectivity index (χ4n) is 1.98. The molecule has 0 bridgehead atoms. The standard InChI is InChI=1S/C13H6Br2ClFN2S/c14-7-2-1-6(3-9(7)16)19-12-5-10(17)8(15)4-11(12)18-13(19)20/h1-5H,(H,18,20). The summed E-state index contributed by atoms with van der Waals surface area (Å²) in [6.45, 7) is 0. The monoisotopic (exact) mass is 434 g/mol. The quantitative estimate of drug-likeness (QED) is 0.464. The maximum absolute atomic E-state index is 13.8. The van der Waals surface area contributed by atoms with E-state index in [9.17, 15) is 4.39 Å². The number of nitrogens with zero attached hydrogens (tertiary/aromatic N) is 1. The van der Waals surface area contributed by atoms with Crippen LogP contribution in [0.3, 0.4) is 0 Å². The molecule has 0 aliphatic heterocycles. The van der Waals surface area contributed by atoms with Gasteiger partial charge >= 0.3 is 0 Å². The summed E-state index contributed by atoms with van der Waals surface area (Å²) in [7, 11) is 0.